The van der Waals surface area contributed by atoms with E-state index in [0.29, 0.717) is 30.8 Å². The highest BCUT2D eigenvalue weighted by atomic mass is 16.5. The molecule has 3 N–H and O–H groups in total. The van der Waals surface area contributed by atoms with Crippen molar-refractivity contribution in [3.63, 3.8) is 0 Å². The van der Waals surface area contributed by atoms with Crippen molar-refractivity contribution in [3.05, 3.63) is 64.9 Å². The Bertz CT molecular complexity index is 1390. The molecule has 0 unspecified atom stereocenters. The number of nitrogens with one attached hydrogen (secondary N) is 2. The highest BCUT2D eigenvalue weighted by molar-refractivity contribution is 5.95. The van der Waals surface area contributed by atoms with Gasteiger partial charge in [0.05, 0.1) is 11.8 Å². The number of carbonyl (C=O) groups is 1. The van der Waals surface area contributed by atoms with Gasteiger partial charge in [-0.15, -0.1) is 0 Å². The third-order valence-electron chi connectivity index (χ3n) is 8.97. The maximum Gasteiger partial charge on any atom is 0.251 e. The van der Waals surface area contributed by atoms with Crippen LogP contribution in [0.3, 0.4) is 0 Å². The predicted octanol–water partition coefficient (Wildman–Crippen LogP) is 4.06. The molecule has 3 aromatic rings. The summed E-state index contributed by atoms with van der Waals surface area (Å²) in [6.45, 7) is 4.52. The van der Waals surface area contributed by atoms with Gasteiger partial charge in [0.15, 0.2) is 12.2 Å². The number of anilines is 2. The first kappa shape index (κ1) is 28.5. The highest BCUT2D eigenvalue weighted by Gasteiger charge is 2.26. The largest absolute Gasteiger partial charge is 0.486 e. The summed E-state index contributed by atoms with van der Waals surface area (Å²) < 4.78 is 11.3. The molecule has 0 bridgehead atoms. The van der Waals surface area contributed by atoms with Gasteiger partial charge in [-0.05, 0) is 87.3 Å². The Morgan fingerprint density at radius 1 is 1.19 bits per heavy atom. The molecule has 2 saturated carbocycles. The zero-order valence-corrected chi connectivity index (χ0v) is 24.6. The van der Waals surface area contributed by atoms with Gasteiger partial charge in [0.2, 0.25) is 0 Å². The molecule has 42 heavy (non-hydrogen) atoms. The fourth-order valence-corrected chi connectivity index (χ4v) is 5.75. The van der Waals surface area contributed by atoms with Crippen molar-refractivity contribution < 1.29 is 19.1 Å². The van der Waals surface area contributed by atoms with Crippen LogP contribution in [-0.4, -0.2) is 70.8 Å². The summed E-state index contributed by atoms with van der Waals surface area (Å²) in [5.74, 6) is 2.93. The van der Waals surface area contributed by atoms with E-state index in [1.54, 1.807) is 0 Å². The van der Waals surface area contributed by atoms with Crippen LogP contribution in [-0.2, 0) is 19.6 Å². The summed E-state index contributed by atoms with van der Waals surface area (Å²) in [4.78, 5) is 26.6. The minimum atomic E-state index is -0.671. The van der Waals surface area contributed by atoms with Crippen LogP contribution >= 0.6 is 0 Å². The maximum absolute atomic E-state index is 13.2. The second kappa shape index (κ2) is 12.7. The third-order valence-corrected chi connectivity index (χ3v) is 8.97. The molecule has 0 saturated heterocycles. The van der Waals surface area contributed by atoms with Crippen LogP contribution in [0.15, 0.2) is 41.1 Å². The SMILES string of the molecule is Cc1ncoc1COc1ccc2c(c1)CCN(C[C@@H](O)CNC(=O)c1cc(NC3CCC3)nc(N(C)C3CCC3)c1)C2. The Kier molecular flexibility index (Phi) is 8.62. The first-order valence-corrected chi connectivity index (χ1v) is 15.2. The second-order valence-electron chi connectivity index (χ2n) is 12.0. The Morgan fingerprint density at radius 3 is 2.74 bits per heavy atom. The first-order chi connectivity index (χ1) is 20.4. The third kappa shape index (κ3) is 6.71. The fourth-order valence-electron chi connectivity index (χ4n) is 5.75. The van der Waals surface area contributed by atoms with Gasteiger partial charge in [0, 0.05) is 50.9 Å². The summed E-state index contributed by atoms with van der Waals surface area (Å²) in [6.07, 6.45) is 8.69. The van der Waals surface area contributed by atoms with Crippen molar-refractivity contribution in [2.24, 2.45) is 0 Å². The molecular weight excluding hydrogens is 532 g/mol. The molecule has 10 heteroatoms. The Morgan fingerprint density at radius 2 is 2.02 bits per heavy atom. The van der Waals surface area contributed by atoms with Crippen LogP contribution < -0.4 is 20.3 Å². The average Bonchev–Trinajstić information content (AvgIpc) is 3.35. The van der Waals surface area contributed by atoms with E-state index in [-0.39, 0.29) is 12.5 Å². The van der Waals surface area contributed by atoms with Crippen molar-refractivity contribution in [2.45, 2.75) is 83.2 Å². The fraction of sp³-hybridized carbons (Fsp3) is 0.531. The number of fused-ring (bicyclic) bond motifs is 1. The number of carbonyl (C=O) groups excluding carboxylic acids is 1. The summed E-state index contributed by atoms with van der Waals surface area (Å²) in [6, 6.07) is 10.8. The van der Waals surface area contributed by atoms with Gasteiger partial charge in [-0.25, -0.2) is 9.97 Å². The molecule has 1 aliphatic heterocycles. The first-order valence-electron chi connectivity index (χ1n) is 15.2. The summed E-state index contributed by atoms with van der Waals surface area (Å²) in [5.41, 5.74) is 3.90. The highest BCUT2D eigenvalue weighted by Crippen LogP contribution is 2.30. The van der Waals surface area contributed by atoms with Crippen LogP contribution in [0.2, 0.25) is 0 Å². The smallest absolute Gasteiger partial charge is 0.251 e. The van der Waals surface area contributed by atoms with Gasteiger partial charge in [0.1, 0.15) is 24.0 Å². The van der Waals surface area contributed by atoms with Crippen molar-refractivity contribution in [2.75, 3.05) is 36.9 Å². The molecule has 0 spiro atoms. The van der Waals surface area contributed by atoms with Crippen LogP contribution in [0.25, 0.3) is 0 Å². The van der Waals surface area contributed by atoms with Crippen LogP contribution in [0, 0.1) is 6.92 Å². The lowest BCUT2D eigenvalue weighted by atomic mass is 9.92. The van der Waals surface area contributed by atoms with Crippen molar-refractivity contribution in [1.82, 2.24) is 20.2 Å². The quantitative estimate of drug-likeness (QED) is 0.295. The Labute approximate surface area is 247 Å². The zero-order chi connectivity index (χ0) is 29.1. The lowest BCUT2D eigenvalue weighted by Gasteiger charge is -2.36. The molecule has 2 aromatic heterocycles. The van der Waals surface area contributed by atoms with E-state index in [4.69, 9.17) is 14.1 Å². The van der Waals surface area contributed by atoms with Crippen LogP contribution in [0.4, 0.5) is 11.6 Å². The number of amides is 1. The van der Waals surface area contributed by atoms with Gasteiger partial charge in [0.25, 0.3) is 5.91 Å². The number of nitrogens with zero attached hydrogens (tertiary/aromatic N) is 4. The molecule has 3 heterocycles. The molecule has 1 atom stereocenters. The minimum absolute atomic E-state index is 0.187. The number of aryl methyl sites for hydroxylation is 1. The normalized spacial score (nSPS) is 18.0. The standard InChI is InChI=1S/C32H42N6O4/c1-21-29(42-20-34-21)19-41-28-10-9-23-17-38(12-11-22(23)13-28)18-27(39)16-33-32(40)24-14-30(35-25-5-3-6-25)36-31(15-24)37(2)26-7-4-8-26/h9-10,13-15,20,25-27,39H,3-8,11-12,16-19H2,1-2H3,(H,33,40)(H,35,36)/t27-/m0/s1. The number of ether oxygens (including phenoxy) is 1. The number of oxazole rings is 1. The molecule has 2 fully saturated rings. The van der Waals surface area contributed by atoms with Gasteiger partial charge < -0.3 is 29.8 Å². The van der Waals surface area contributed by atoms with Gasteiger partial charge in [-0.2, -0.15) is 0 Å². The summed E-state index contributed by atoms with van der Waals surface area (Å²) in [7, 11) is 2.06. The summed E-state index contributed by atoms with van der Waals surface area (Å²) >= 11 is 0. The molecule has 3 aliphatic rings. The molecule has 0 radical (unpaired) electrons. The lowest BCUT2D eigenvalue weighted by molar-refractivity contribution is 0.0841. The molecule has 1 aromatic carbocycles. The number of aromatic nitrogens is 2. The van der Waals surface area contributed by atoms with Crippen molar-refractivity contribution in [1.29, 1.82) is 0 Å². The van der Waals surface area contributed by atoms with E-state index in [0.717, 1.165) is 74.0 Å². The van der Waals surface area contributed by atoms with E-state index < -0.39 is 6.10 Å². The van der Waals surface area contributed by atoms with E-state index in [1.807, 2.05) is 25.1 Å². The predicted molar refractivity (Wildman–Crippen MR) is 161 cm³/mol. The molecule has 1 amide bonds. The van der Waals surface area contributed by atoms with Crippen LogP contribution in [0.1, 0.15) is 71.5 Å². The lowest BCUT2D eigenvalue weighted by Crippen LogP contribution is -2.42. The van der Waals surface area contributed by atoms with E-state index in [9.17, 15) is 9.90 Å². The maximum atomic E-state index is 13.2. The van der Waals surface area contributed by atoms with Crippen molar-refractivity contribution >= 4 is 17.5 Å². The minimum Gasteiger partial charge on any atom is -0.486 e. The monoisotopic (exact) mass is 574 g/mol. The topological polar surface area (TPSA) is 116 Å². The number of rotatable bonds is 12. The van der Waals surface area contributed by atoms with Gasteiger partial charge in [-0.3, -0.25) is 9.69 Å². The van der Waals surface area contributed by atoms with E-state index >= 15 is 0 Å². The molecule has 6 rings (SSSR count). The number of hydrogen-bond donors (Lipinski definition) is 3. The zero-order valence-electron chi connectivity index (χ0n) is 24.6. The van der Waals surface area contributed by atoms with Gasteiger partial charge >= 0.3 is 0 Å². The average molecular weight is 575 g/mol. The Balaban J connectivity index is 1.01. The van der Waals surface area contributed by atoms with E-state index in [2.05, 4.69) is 44.6 Å². The van der Waals surface area contributed by atoms with Crippen LogP contribution in [0.5, 0.6) is 5.75 Å². The second-order valence-corrected chi connectivity index (χ2v) is 12.0. The number of aliphatic hydroxyl groups excluding tert-OH is 1. The number of β-amino-alcohol motifs (C(OH)–C–C–N with tert-alkyl or cyclic N) is 1. The number of benzene rings is 1. The molecule has 2 aliphatic carbocycles. The summed E-state index contributed by atoms with van der Waals surface area (Å²) in [5, 5.41) is 17.3. The number of pyridine rings is 1. The van der Waals surface area contributed by atoms with E-state index in [1.165, 1.54) is 30.4 Å². The molecular formula is C32H42N6O4. The number of hydrogen-bond acceptors (Lipinski definition) is 9. The molecule has 224 valence electrons. The Hall–Kier alpha value is -3.63. The number of aliphatic hydroxyl groups is 1. The molecule has 10 nitrogen and oxygen atoms in total. The van der Waals surface area contributed by atoms with Crippen molar-refractivity contribution in [3.8, 4) is 5.75 Å². The van der Waals surface area contributed by atoms with Gasteiger partial charge in [-0.1, -0.05) is 6.07 Å².